The molecule has 1 N–H and O–H groups in total. The first kappa shape index (κ1) is 18.1. The van der Waals surface area contributed by atoms with Crippen LogP contribution in [0, 0.1) is 13.8 Å². The number of aryl methyl sites for hydroxylation is 2. The number of anilines is 1. The van der Waals surface area contributed by atoms with Crippen LogP contribution in [0.2, 0.25) is 0 Å². The lowest BCUT2D eigenvalue weighted by Crippen LogP contribution is -2.27. The molecule has 124 valence electrons. The van der Waals surface area contributed by atoms with Crippen LogP contribution in [0.15, 0.2) is 33.6 Å². The number of carbonyl (C=O) groups is 1. The zero-order valence-electron chi connectivity index (χ0n) is 14.1. The maximum atomic E-state index is 12.3. The molecular formula is C17H22BrN3OS. The van der Waals surface area contributed by atoms with Gasteiger partial charge in [0.2, 0.25) is 5.91 Å². The number of thioether (sulfide) groups is 1. The van der Waals surface area contributed by atoms with Crippen molar-refractivity contribution in [1.29, 1.82) is 0 Å². The summed E-state index contributed by atoms with van der Waals surface area (Å²) in [6, 6.07) is 7.98. The number of hydrogen-bond donors (Lipinski definition) is 1. The van der Waals surface area contributed by atoms with Gasteiger partial charge in [-0.05, 0) is 58.4 Å². The summed E-state index contributed by atoms with van der Waals surface area (Å²) < 4.78 is 2.91. The van der Waals surface area contributed by atoms with Crippen molar-refractivity contribution in [2.75, 3.05) is 11.1 Å². The van der Waals surface area contributed by atoms with E-state index in [2.05, 4.69) is 53.2 Å². The van der Waals surface area contributed by atoms with Gasteiger partial charge in [-0.15, -0.1) is 11.8 Å². The number of amides is 1. The van der Waals surface area contributed by atoms with Crippen LogP contribution < -0.4 is 5.32 Å². The minimum absolute atomic E-state index is 0.0253. The Hall–Kier alpha value is -1.27. The average molecular weight is 396 g/mol. The lowest BCUT2D eigenvalue weighted by molar-refractivity contribution is -0.113. The lowest BCUT2D eigenvalue weighted by atomic mass is 10.1. The van der Waals surface area contributed by atoms with Gasteiger partial charge >= 0.3 is 0 Å². The van der Waals surface area contributed by atoms with Gasteiger partial charge in [0.25, 0.3) is 0 Å². The van der Waals surface area contributed by atoms with E-state index in [1.54, 1.807) is 11.8 Å². The molecule has 1 aromatic carbocycles. The molecular weight excluding hydrogens is 374 g/mol. The molecule has 0 unspecified atom stereocenters. The SMILES string of the molecule is Cc1cc(NC(=O)CSc2ccc(Br)cc2C)n(C(C)(C)C)n1. The maximum absolute atomic E-state index is 12.3. The summed E-state index contributed by atoms with van der Waals surface area (Å²) in [7, 11) is 0. The van der Waals surface area contributed by atoms with Crippen LogP contribution in [-0.2, 0) is 10.3 Å². The first-order chi connectivity index (χ1) is 10.7. The van der Waals surface area contributed by atoms with Gasteiger partial charge in [0.15, 0.2) is 0 Å². The van der Waals surface area contributed by atoms with Gasteiger partial charge in [0.1, 0.15) is 5.82 Å². The molecule has 2 rings (SSSR count). The molecule has 0 spiro atoms. The van der Waals surface area contributed by atoms with E-state index < -0.39 is 0 Å². The summed E-state index contributed by atoms with van der Waals surface area (Å²) in [6.07, 6.45) is 0. The highest BCUT2D eigenvalue weighted by molar-refractivity contribution is 9.10. The zero-order chi connectivity index (χ0) is 17.2. The molecule has 0 saturated carbocycles. The summed E-state index contributed by atoms with van der Waals surface area (Å²) >= 11 is 4.99. The van der Waals surface area contributed by atoms with E-state index in [1.807, 2.05) is 36.7 Å². The second-order valence-electron chi connectivity index (χ2n) is 6.50. The molecule has 1 heterocycles. The minimum Gasteiger partial charge on any atom is -0.310 e. The van der Waals surface area contributed by atoms with Crippen molar-refractivity contribution >= 4 is 39.4 Å². The van der Waals surface area contributed by atoms with Crippen LogP contribution in [0.25, 0.3) is 0 Å². The van der Waals surface area contributed by atoms with Crippen LogP contribution in [-0.4, -0.2) is 21.4 Å². The van der Waals surface area contributed by atoms with Crippen molar-refractivity contribution < 1.29 is 4.79 Å². The molecule has 0 atom stereocenters. The second kappa shape index (κ2) is 7.09. The number of halogens is 1. The molecule has 0 aliphatic carbocycles. The average Bonchev–Trinajstić information content (AvgIpc) is 2.78. The van der Waals surface area contributed by atoms with E-state index in [0.29, 0.717) is 5.75 Å². The van der Waals surface area contributed by atoms with Gasteiger partial charge in [-0.25, -0.2) is 4.68 Å². The Morgan fingerprint density at radius 2 is 2.00 bits per heavy atom. The van der Waals surface area contributed by atoms with Crippen LogP contribution in [0.1, 0.15) is 32.0 Å². The molecule has 0 fully saturated rings. The second-order valence-corrected chi connectivity index (χ2v) is 8.43. The number of benzene rings is 1. The van der Waals surface area contributed by atoms with Crippen LogP contribution in [0.5, 0.6) is 0 Å². The Labute approximate surface area is 150 Å². The van der Waals surface area contributed by atoms with Gasteiger partial charge in [0.05, 0.1) is 17.0 Å². The summed E-state index contributed by atoms with van der Waals surface area (Å²) in [4.78, 5) is 13.4. The van der Waals surface area contributed by atoms with E-state index in [-0.39, 0.29) is 11.4 Å². The third-order valence-electron chi connectivity index (χ3n) is 3.23. The van der Waals surface area contributed by atoms with E-state index in [9.17, 15) is 4.79 Å². The normalized spacial score (nSPS) is 11.6. The first-order valence-corrected chi connectivity index (χ1v) is 9.20. The van der Waals surface area contributed by atoms with Crippen molar-refractivity contribution in [3.05, 3.63) is 40.0 Å². The highest BCUT2D eigenvalue weighted by Gasteiger charge is 2.20. The van der Waals surface area contributed by atoms with Gasteiger partial charge in [0, 0.05) is 15.4 Å². The van der Waals surface area contributed by atoms with Crippen LogP contribution in [0.4, 0.5) is 5.82 Å². The predicted octanol–water partition coefficient (Wildman–Crippen LogP) is 4.75. The fourth-order valence-electron chi connectivity index (χ4n) is 2.20. The minimum atomic E-state index is -0.174. The lowest BCUT2D eigenvalue weighted by Gasteiger charge is -2.22. The van der Waals surface area contributed by atoms with Crippen molar-refractivity contribution in [1.82, 2.24) is 9.78 Å². The molecule has 0 radical (unpaired) electrons. The largest absolute Gasteiger partial charge is 0.310 e. The Balaban J connectivity index is 2.03. The fourth-order valence-corrected chi connectivity index (χ4v) is 3.48. The summed E-state index contributed by atoms with van der Waals surface area (Å²) in [5.41, 5.74) is 1.88. The van der Waals surface area contributed by atoms with E-state index in [1.165, 1.54) is 0 Å². The number of rotatable bonds is 4. The highest BCUT2D eigenvalue weighted by atomic mass is 79.9. The van der Waals surface area contributed by atoms with Gasteiger partial charge in [-0.2, -0.15) is 5.10 Å². The molecule has 0 aliphatic heterocycles. The number of nitrogens with one attached hydrogen (secondary N) is 1. The Bertz CT molecular complexity index is 719. The van der Waals surface area contributed by atoms with Crippen molar-refractivity contribution in [3.8, 4) is 0 Å². The molecule has 1 amide bonds. The predicted molar refractivity (Wildman–Crippen MR) is 100 cm³/mol. The standard InChI is InChI=1S/C17H22BrN3OS/c1-11-8-13(18)6-7-14(11)23-10-16(22)19-15-9-12(2)20-21(15)17(3,4)5/h6-9H,10H2,1-5H3,(H,19,22). The quantitative estimate of drug-likeness (QED) is 0.759. The Morgan fingerprint density at radius 1 is 1.30 bits per heavy atom. The third kappa shape index (κ3) is 4.85. The van der Waals surface area contributed by atoms with Gasteiger partial charge in [-0.3, -0.25) is 4.79 Å². The number of nitrogens with zero attached hydrogens (tertiary/aromatic N) is 2. The molecule has 0 saturated heterocycles. The molecule has 4 nitrogen and oxygen atoms in total. The van der Waals surface area contributed by atoms with Crippen LogP contribution in [0.3, 0.4) is 0 Å². The summed E-state index contributed by atoms with van der Waals surface area (Å²) in [5.74, 6) is 1.09. The van der Waals surface area contributed by atoms with E-state index in [4.69, 9.17) is 0 Å². The summed E-state index contributed by atoms with van der Waals surface area (Å²) in [5, 5.41) is 7.44. The molecule has 0 aliphatic rings. The smallest absolute Gasteiger partial charge is 0.235 e. The fraction of sp³-hybridized carbons (Fsp3) is 0.412. The highest BCUT2D eigenvalue weighted by Crippen LogP contribution is 2.26. The van der Waals surface area contributed by atoms with E-state index >= 15 is 0 Å². The number of aromatic nitrogens is 2. The molecule has 1 aromatic heterocycles. The van der Waals surface area contributed by atoms with Crippen molar-refractivity contribution in [2.24, 2.45) is 0 Å². The molecule has 6 heteroatoms. The zero-order valence-corrected chi connectivity index (χ0v) is 16.5. The number of hydrogen-bond acceptors (Lipinski definition) is 3. The van der Waals surface area contributed by atoms with Crippen molar-refractivity contribution in [2.45, 2.75) is 45.1 Å². The van der Waals surface area contributed by atoms with Crippen LogP contribution >= 0.6 is 27.7 Å². The van der Waals surface area contributed by atoms with Gasteiger partial charge < -0.3 is 5.32 Å². The van der Waals surface area contributed by atoms with E-state index in [0.717, 1.165) is 26.4 Å². The van der Waals surface area contributed by atoms with Gasteiger partial charge in [-0.1, -0.05) is 15.9 Å². The van der Waals surface area contributed by atoms with Crippen molar-refractivity contribution in [3.63, 3.8) is 0 Å². The summed E-state index contributed by atoms with van der Waals surface area (Å²) in [6.45, 7) is 10.2. The Morgan fingerprint density at radius 3 is 2.61 bits per heavy atom. The Kier molecular flexibility index (Phi) is 5.57. The maximum Gasteiger partial charge on any atom is 0.235 e. The number of carbonyl (C=O) groups excluding carboxylic acids is 1. The topological polar surface area (TPSA) is 46.9 Å². The first-order valence-electron chi connectivity index (χ1n) is 7.43. The molecule has 23 heavy (non-hydrogen) atoms. The molecule has 0 bridgehead atoms. The monoisotopic (exact) mass is 395 g/mol. The third-order valence-corrected chi connectivity index (χ3v) is 4.90. The molecule has 2 aromatic rings.